The molecule has 0 amide bonds. The maximum atomic E-state index is 11.8. The van der Waals surface area contributed by atoms with E-state index >= 15 is 0 Å². The molecule has 2 rings (SSSR count). The summed E-state index contributed by atoms with van der Waals surface area (Å²) in [6.45, 7) is 6.05. The molecule has 3 heteroatoms. The summed E-state index contributed by atoms with van der Waals surface area (Å²) in [6.07, 6.45) is 0. The van der Waals surface area contributed by atoms with Crippen LogP contribution in [0.1, 0.15) is 26.5 Å². The third-order valence-corrected chi connectivity index (χ3v) is 2.88. The van der Waals surface area contributed by atoms with Gasteiger partial charge in [-0.25, -0.2) is 0 Å². The number of benzene rings is 1. The van der Waals surface area contributed by atoms with Gasteiger partial charge in [0.25, 0.3) is 0 Å². The van der Waals surface area contributed by atoms with Crippen LogP contribution in [0, 0.1) is 0 Å². The molecule has 0 aliphatic carbocycles. The normalized spacial score (nSPS) is 11.4. The fourth-order valence-electron chi connectivity index (χ4n) is 1.74. The van der Waals surface area contributed by atoms with Crippen molar-refractivity contribution in [2.24, 2.45) is 0 Å². The number of rotatable bonds is 2. The third kappa shape index (κ3) is 3.05. The molecular weight excluding hydrogens is 240 g/mol. The second-order valence-corrected chi connectivity index (χ2v) is 5.50. The number of ether oxygens (including phenoxy) is 1. The highest BCUT2D eigenvalue weighted by atomic mass is 16.5. The predicted octanol–water partition coefficient (Wildman–Crippen LogP) is 3.61. The average Bonchev–Trinajstić information content (AvgIpc) is 2.37. The molecule has 0 saturated heterocycles. The Morgan fingerprint density at radius 3 is 2.21 bits per heavy atom. The molecule has 0 atom stereocenters. The average molecular weight is 258 g/mol. The Bertz CT molecular complexity index is 616. The molecule has 0 spiro atoms. The Labute approximate surface area is 112 Å². The summed E-state index contributed by atoms with van der Waals surface area (Å²) in [7, 11) is 1.62. The van der Waals surface area contributed by atoms with Crippen LogP contribution in [-0.2, 0) is 5.41 Å². The van der Waals surface area contributed by atoms with Crippen LogP contribution in [0.15, 0.2) is 45.6 Å². The lowest BCUT2D eigenvalue weighted by Gasteiger charge is -2.17. The zero-order valence-corrected chi connectivity index (χ0v) is 11.7. The lowest BCUT2D eigenvalue weighted by Crippen LogP contribution is -2.14. The number of hydrogen-bond acceptors (Lipinski definition) is 3. The van der Waals surface area contributed by atoms with Gasteiger partial charge in [0.15, 0.2) is 5.43 Å². The van der Waals surface area contributed by atoms with Crippen molar-refractivity contribution in [1.82, 2.24) is 0 Å². The Kier molecular flexibility index (Phi) is 3.47. The van der Waals surface area contributed by atoms with Crippen molar-refractivity contribution in [2.45, 2.75) is 26.2 Å². The summed E-state index contributed by atoms with van der Waals surface area (Å²) >= 11 is 0. The van der Waals surface area contributed by atoms with Crippen LogP contribution in [0.3, 0.4) is 0 Å². The second-order valence-electron chi connectivity index (χ2n) is 5.50. The van der Waals surface area contributed by atoms with Gasteiger partial charge in [-0.2, -0.15) is 0 Å². The van der Waals surface area contributed by atoms with Gasteiger partial charge in [-0.15, -0.1) is 0 Å². The zero-order valence-electron chi connectivity index (χ0n) is 11.7. The van der Waals surface area contributed by atoms with Gasteiger partial charge >= 0.3 is 0 Å². The minimum absolute atomic E-state index is 0.0398. The summed E-state index contributed by atoms with van der Waals surface area (Å²) in [4.78, 5) is 11.8. The van der Waals surface area contributed by atoms with Crippen LogP contribution in [-0.4, -0.2) is 7.11 Å². The van der Waals surface area contributed by atoms with Crippen molar-refractivity contribution in [3.8, 4) is 17.1 Å². The third-order valence-electron chi connectivity index (χ3n) is 2.88. The predicted molar refractivity (Wildman–Crippen MR) is 75.7 cm³/mol. The van der Waals surface area contributed by atoms with E-state index < -0.39 is 0 Å². The number of methoxy groups -OCH3 is 1. The first-order chi connectivity index (χ1) is 8.90. The summed E-state index contributed by atoms with van der Waals surface area (Å²) in [5.41, 5.74) is 0.632. The molecule has 0 saturated carbocycles. The van der Waals surface area contributed by atoms with E-state index in [4.69, 9.17) is 9.15 Å². The van der Waals surface area contributed by atoms with Crippen molar-refractivity contribution < 1.29 is 9.15 Å². The molecule has 0 radical (unpaired) electrons. The Morgan fingerprint density at radius 2 is 1.68 bits per heavy atom. The fraction of sp³-hybridized carbons (Fsp3) is 0.312. The van der Waals surface area contributed by atoms with Crippen molar-refractivity contribution in [3.63, 3.8) is 0 Å². The molecule has 0 aliphatic rings. The van der Waals surface area contributed by atoms with E-state index in [9.17, 15) is 4.79 Å². The largest absolute Gasteiger partial charge is 0.497 e. The van der Waals surface area contributed by atoms with Crippen LogP contribution in [0.2, 0.25) is 0 Å². The van der Waals surface area contributed by atoms with Gasteiger partial charge in [0, 0.05) is 23.1 Å². The minimum atomic E-state index is -0.193. The summed E-state index contributed by atoms with van der Waals surface area (Å²) in [5, 5.41) is 0. The Balaban J connectivity index is 2.49. The molecule has 0 N–H and O–H groups in total. The van der Waals surface area contributed by atoms with E-state index in [2.05, 4.69) is 0 Å². The Morgan fingerprint density at radius 1 is 1.05 bits per heavy atom. The van der Waals surface area contributed by atoms with Crippen LogP contribution in [0.4, 0.5) is 0 Å². The topological polar surface area (TPSA) is 39.4 Å². The van der Waals surface area contributed by atoms with Crippen molar-refractivity contribution in [1.29, 1.82) is 0 Å². The molecule has 0 aliphatic heterocycles. The van der Waals surface area contributed by atoms with E-state index in [-0.39, 0.29) is 10.8 Å². The first-order valence-corrected chi connectivity index (χ1v) is 6.20. The van der Waals surface area contributed by atoms with E-state index in [1.807, 2.05) is 45.0 Å². The van der Waals surface area contributed by atoms with Gasteiger partial charge in [0.1, 0.15) is 17.3 Å². The van der Waals surface area contributed by atoms with Crippen molar-refractivity contribution in [2.75, 3.05) is 7.11 Å². The van der Waals surface area contributed by atoms with E-state index in [1.165, 1.54) is 6.07 Å². The molecule has 3 nitrogen and oxygen atoms in total. The monoisotopic (exact) mass is 258 g/mol. The summed E-state index contributed by atoms with van der Waals surface area (Å²) in [6, 6.07) is 10.5. The summed E-state index contributed by atoms with van der Waals surface area (Å²) in [5.74, 6) is 2.05. The molecule has 0 fully saturated rings. The first-order valence-electron chi connectivity index (χ1n) is 6.20. The van der Waals surface area contributed by atoms with Crippen LogP contribution in [0.5, 0.6) is 5.75 Å². The quantitative estimate of drug-likeness (QED) is 0.826. The van der Waals surface area contributed by atoms with Crippen molar-refractivity contribution in [3.05, 3.63) is 52.4 Å². The molecule has 1 aromatic carbocycles. The highest BCUT2D eigenvalue weighted by Crippen LogP contribution is 2.27. The van der Waals surface area contributed by atoms with Gasteiger partial charge < -0.3 is 9.15 Å². The molecule has 19 heavy (non-hydrogen) atoms. The standard InChI is InChI=1S/C16H18O3/c1-16(2,3)15-10-12(17)9-14(19-15)11-5-7-13(18-4)8-6-11/h5-10H,1-4H3. The highest BCUT2D eigenvalue weighted by molar-refractivity contribution is 5.58. The molecule has 2 aromatic rings. The highest BCUT2D eigenvalue weighted by Gasteiger charge is 2.18. The maximum Gasteiger partial charge on any atom is 0.185 e. The first kappa shape index (κ1) is 13.4. The lowest BCUT2D eigenvalue weighted by atomic mass is 9.93. The number of hydrogen-bond donors (Lipinski definition) is 0. The lowest BCUT2D eigenvalue weighted by molar-refractivity contribution is 0.403. The van der Waals surface area contributed by atoms with E-state index in [0.717, 1.165) is 11.3 Å². The Hall–Kier alpha value is -2.03. The van der Waals surface area contributed by atoms with Gasteiger partial charge in [-0.1, -0.05) is 20.8 Å². The SMILES string of the molecule is COc1ccc(-c2cc(=O)cc(C(C)(C)C)o2)cc1. The zero-order chi connectivity index (χ0) is 14.0. The smallest absolute Gasteiger partial charge is 0.185 e. The summed E-state index contributed by atoms with van der Waals surface area (Å²) < 4.78 is 11.0. The molecule has 0 unspecified atom stereocenters. The van der Waals surface area contributed by atoms with Gasteiger partial charge in [0.2, 0.25) is 0 Å². The van der Waals surface area contributed by atoms with Crippen LogP contribution >= 0.6 is 0 Å². The maximum absolute atomic E-state index is 11.8. The van der Waals surface area contributed by atoms with E-state index in [0.29, 0.717) is 11.5 Å². The van der Waals surface area contributed by atoms with Gasteiger partial charge in [-0.05, 0) is 24.3 Å². The van der Waals surface area contributed by atoms with Gasteiger partial charge in [0.05, 0.1) is 7.11 Å². The molecular formula is C16H18O3. The molecule has 0 bridgehead atoms. The van der Waals surface area contributed by atoms with Crippen LogP contribution in [0.25, 0.3) is 11.3 Å². The fourth-order valence-corrected chi connectivity index (χ4v) is 1.74. The molecule has 1 heterocycles. The molecule has 1 aromatic heterocycles. The van der Waals surface area contributed by atoms with Crippen LogP contribution < -0.4 is 10.2 Å². The van der Waals surface area contributed by atoms with E-state index in [1.54, 1.807) is 13.2 Å². The van der Waals surface area contributed by atoms with Gasteiger partial charge in [-0.3, -0.25) is 4.79 Å². The van der Waals surface area contributed by atoms with Crippen molar-refractivity contribution >= 4 is 0 Å². The molecule has 100 valence electrons. The second kappa shape index (κ2) is 4.92. The minimum Gasteiger partial charge on any atom is -0.497 e.